The first-order chi connectivity index (χ1) is 8.32. The Morgan fingerprint density at radius 1 is 1.39 bits per heavy atom. The molecule has 1 aromatic rings. The molecule has 0 saturated carbocycles. The van der Waals surface area contributed by atoms with Crippen LogP contribution in [-0.2, 0) is 4.74 Å². The molecule has 8 nitrogen and oxygen atoms in total. The van der Waals surface area contributed by atoms with Gasteiger partial charge in [-0.05, 0) is 19.9 Å². The number of nitrogens with zero attached hydrogens (tertiary/aromatic N) is 2. The molecule has 1 rings (SSSR count). The maximum absolute atomic E-state index is 11.5. The number of nitrogen functional groups attached to an aromatic ring is 1. The van der Waals surface area contributed by atoms with Crippen LogP contribution in [0.1, 0.15) is 20.1 Å². The van der Waals surface area contributed by atoms with E-state index in [4.69, 9.17) is 20.7 Å². The molecule has 5 N–H and O–H groups in total. The summed E-state index contributed by atoms with van der Waals surface area (Å²) < 4.78 is 6.33. The van der Waals surface area contributed by atoms with Crippen molar-refractivity contribution in [3.05, 3.63) is 22.7 Å². The van der Waals surface area contributed by atoms with E-state index in [-0.39, 0.29) is 5.82 Å². The minimum atomic E-state index is -1.86. The predicted molar refractivity (Wildman–Crippen MR) is 62.4 cm³/mol. The molecule has 3 atom stereocenters. The van der Waals surface area contributed by atoms with E-state index in [1.54, 1.807) is 0 Å². The molecular weight excluding hydrogens is 242 g/mol. The van der Waals surface area contributed by atoms with Crippen LogP contribution in [0.3, 0.4) is 0 Å². The highest BCUT2D eigenvalue weighted by Gasteiger charge is 2.26. The molecule has 0 aliphatic carbocycles. The predicted octanol–water partition coefficient (Wildman–Crippen LogP) is -1.58. The Hall–Kier alpha value is -1.48. The van der Waals surface area contributed by atoms with Gasteiger partial charge in [0.25, 0.3) is 0 Å². The fourth-order valence-corrected chi connectivity index (χ4v) is 1.43. The van der Waals surface area contributed by atoms with Crippen LogP contribution in [0.5, 0.6) is 0 Å². The van der Waals surface area contributed by atoms with Crippen LogP contribution in [-0.4, -0.2) is 43.4 Å². The minimum absolute atomic E-state index is 0.0812. The Morgan fingerprint density at radius 3 is 2.44 bits per heavy atom. The molecule has 0 aliphatic heterocycles. The lowest BCUT2D eigenvalue weighted by atomic mass is 10.2. The van der Waals surface area contributed by atoms with Crippen molar-refractivity contribution in [3.63, 3.8) is 0 Å². The molecule has 0 amide bonds. The monoisotopic (exact) mass is 259 g/mol. The molecule has 102 valence electrons. The van der Waals surface area contributed by atoms with Gasteiger partial charge in [0, 0.05) is 6.20 Å². The van der Waals surface area contributed by atoms with E-state index in [1.807, 2.05) is 0 Å². The Balaban J connectivity index is 2.87. The zero-order valence-electron chi connectivity index (χ0n) is 10.1. The van der Waals surface area contributed by atoms with Crippen molar-refractivity contribution in [1.29, 1.82) is 0 Å². The summed E-state index contributed by atoms with van der Waals surface area (Å²) in [7, 11) is 0. The van der Waals surface area contributed by atoms with Gasteiger partial charge in [-0.3, -0.25) is 4.57 Å². The van der Waals surface area contributed by atoms with Crippen LogP contribution < -0.4 is 11.4 Å². The molecular formula is C10H17N3O5. The van der Waals surface area contributed by atoms with Crippen molar-refractivity contribution in [2.45, 2.75) is 38.6 Å². The number of aliphatic hydroxyl groups excluding tert-OH is 2. The van der Waals surface area contributed by atoms with Gasteiger partial charge < -0.3 is 25.8 Å². The van der Waals surface area contributed by atoms with Gasteiger partial charge in [-0.1, -0.05) is 0 Å². The van der Waals surface area contributed by atoms with Crippen LogP contribution >= 0.6 is 0 Å². The van der Waals surface area contributed by atoms with Crippen LogP contribution in [0.25, 0.3) is 0 Å². The molecule has 0 bridgehead atoms. The van der Waals surface area contributed by atoms with Crippen LogP contribution in [0.4, 0.5) is 5.82 Å². The SMILES string of the molecule is CC(O)C(OC(C)n1ccc(N)nc1=O)C(O)O. The highest BCUT2D eigenvalue weighted by molar-refractivity contribution is 5.23. The summed E-state index contributed by atoms with van der Waals surface area (Å²) in [5.41, 5.74) is 4.71. The van der Waals surface area contributed by atoms with Crippen LogP contribution in [0.15, 0.2) is 17.1 Å². The number of hydrogen-bond acceptors (Lipinski definition) is 7. The summed E-state index contributed by atoms with van der Waals surface area (Å²) in [5, 5.41) is 27.4. The van der Waals surface area contributed by atoms with E-state index < -0.39 is 30.4 Å². The summed E-state index contributed by atoms with van der Waals surface area (Å²) >= 11 is 0. The second-order valence-corrected chi connectivity index (χ2v) is 3.90. The molecule has 0 fully saturated rings. The lowest BCUT2D eigenvalue weighted by Crippen LogP contribution is -2.41. The third kappa shape index (κ3) is 3.50. The lowest BCUT2D eigenvalue weighted by molar-refractivity contribution is -0.204. The van der Waals surface area contributed by atoms with Gasteiger partial charge in [0.1, 0.15) is 18.1 Å². The van der Waals surface area contributed by atoms with E-state index in [0.717, 1.165) is 4.57 Å². The quantitative estimate of drug-likeness (QED) is 0.469. The highest BCUT2D eigenvalue weighted by Crippen LogP contribution is 2.13. The molecule has 0 aliphatic rings. The number of aromatic nitrogens is 2. The molecule has 0 spiro atoms. The maximum atomic E-state index is 11.5. The number of nitrogens with two attached hydrogens (primary N) is 1. The van der Waals surface area contributed by atoms with Crippen molar-refractivity contribution in [3.8, 4) is 0 Å². The Kier molecular flexibility index (Phi) is 4.79. The Bertz CT molecular complexity index is 437. The van der Waals surface area contributed by atoms with Gasteiger partial charge in [0.2, 0.25) is 0 Å². The largest absolute Gasteiger partial charge is 0.391 e. The van der Waals surface area contributed by atoms with Gasteiger partial charge in [0.05, 0.1) is 6.10 Å². The molecule has 0 saturated heterocycles. The number of anilines is 1. The summed E-state index contributed by atoms with van der Waals surface area (Å²) in [6, 6.07) is 1.41. The van der Waals surface area contributed by atoms with Crippen LogP contribution in [0.2, 0.25) is 0 Å². The van der Waals surface area contributed by atoms with Gasteiger partial charge in [-0.15, -0.1) is 0 Å². The van der Waals surface area contributed by atoms with E-state index in [1.165, 1.54) is 26.1 Å². The van der Waals surface area contributed by atoms with Crippen LogP contribution in [0, 0.1) is 0 Å². The summed E-state index contributed by atoms with van der Waals surface area (Å²) in [6.45, 7) is 2.86. The molecule has 8 heteroatoms. The Labute approximate surface area is 103 Å². The van der Waals surface area contributed by atoms with E-state index in [2.05, 4.69) is 4.98 Å². The third-order valence-electron chi connectivity index (χ3n) is 2.37. The Morgan fingerprint density at radius 2 is 2.00 bits per heavy atom. The summed E-state index contributed by atoms with van der Waals surface area (Å²) in [4.78, 5) is 15.0. The number of ether oxygens (including phenoxy) is 1. The van der Waals surface area contributed by atoms with Gasteiger partial charge >= 0.3 is 5.69 Å². The third-order valence-corrected chi connectivity index (χ3v) is 2.37. The fraction of sp³-hybridized carbons (Fsp3) is 0.600. The summed E-state index contributed by atoms with van der Waals surface area (Å²) in [5.74, 6) is 0.0812. The molecule has 1 heterocycles. The van der Waals surface area contributed by atoms with Crippen molar-refractivity contribution in [2.75, 3.05) is 5.73 Å². The van der Waals surface area contributed by atoms with Crippen molar-refractivity contribution in [1.82, 2.24) is 9.55 Å². The van der Waals surface area contributed by atoms with Crippen molar-refractivity contribution < 1.29 is 20.1 Å². The molecule has 1 aromatic heterocycles. The average Bonchev–Trinajstić information content (AvgIpc) is 2.24. The van der Waals surface area contributed by atoms with E-state index >= 15 is 0 Å². The topological polar surface area (TPSA) is 131 Å². The second kappa shape index (κ2) is 5.91. The maximum Gasteiger partial charge on any atom is 0.351 e. The summed E-state index contributed by atoms with van der Waals surface area (Å²) in [6.07, 6.45) is -3.65. The van der Waals surface area contributed by atoms with E-state index in [9.17, 15) is 9.90 Å². The zero-order chi connectivity index (χ0) is 13.9. The van der Waals surface area contributed by atoms with E-state index in [0.29, 0.717) is 0 Å². The number of rotatable bonds is 5. The normalized spacial score (nSPS) is 16.6. The second-order valence-electron chi connectivity index (χ2n) is 3.90. The smallest absolute Gasteiger partial charge is 0.351 e. The standard InChI is InChI=1S/C10H17N3O5/c1-5(14)8(9(15)16)18-6(2)13-4-3-7(11)12-10(13)17/h3-6,8-9,14-16H,1-2H3,(H2,11,12,17). The zero-order valence-corrected chi connectivity index (χ0v) is 10.1. The first-order valence-corrected chi connectivity index (χ1v) is 5.37. The van der Waals surface area contributed by atoms with Gasteiger partial charge in [0.15, 0.2) is 6.29 Å². The lowest BCUT2D eigenvalue weighted by Gasteiger charge is -2.26. The molecule has 18 heavy (non-hydrogen) atoms. The molecule has 0 aromatic carbocycles. The minimum Gasteiger partial charge on any atom is -0.391 e. The highest BCUT2D eigenvalue weighted by atomic mass is 16.6. The van der Waals surface area contributed by atoms with Crippen molar-refractivity contribution >= 4 is 5.82 Å². The molecule has 3 unspecified atom stereocenters. The molecule has 0 radical (unpaired) electrons. The number of aliphatic hydroxyl groups is 3. The van der Waals surface area contributed by atoms with Gasteiger partial charge in [-0.2, -0.15) is 4.98 Å². The number of hydrogen-bond donors (Lipinski definition) is 4. The first-order valence-electron chi connectivity index (χ1n) is 5.37. The average molecular weight is 259 g/mol. The first kappa shape index (κ1) is 14.6. The van der Waals surface area contributed by atoms with Crippen molar-refractivity contribution in [2.24, 2.45) is 0 Å². The van der Waals surface area contributed by atoms with Gasteiger partial charge in [-0.25, -0.2) is 4.79 Å². The fourth-order valence-electron chi connectivity index (χ4n) is 1.43.